The third-order valence-electron chi connectivity index (χ3n) is 8.91. The lowest BCUT2D eigenvalue weighted by atomic mass is 9.54. The van der Waals surface area contributed by atoms with E-state index in [1.807, 2.05) is 61.9 Å². The number of benzene rings is 2. The monoisotopic (exact) mass is 471 g/mol. The van der Waals surface area contributed by atoms with E-state index in [1.54, 1.807) is 4.68 Å². The van der Waals surface area contributed by atoms with E-state index in [0.29, 0.717) is 0 Å². The summed E-state index contributed by atoms with van der Waals surface area (Å²) in [6, 6.07) is 22.9. The van der Waals surface area contributed by atoms with Gasteiger partial charge >= 0.3 is 0 Å². The van der Waals surface area contributed by atoms with Gasteiger partial charge in [-0.1, -0.05) is 55.5 Å². The van der Waals surface area contributed by atoms with Crippen molar-refractivity contribution < 1.29 is 4.79 Å². The lowest BCUT2D eigenvalue weighted by molar-refractivity contribution is -0.122. The van der Waals surface area contributed by atoms with Crippen LogP contribution < -0.4 is 0 Å². The zero-order valence-electron chi connectivity index (χ0n) is 20.3. The minimum absolute atomic E-state index is 0.0185. The summed E-state index contributed by atoms with van der Waals surface area (Å²) < 4.78 is 4.04. The standard InChI is InChI=1S/C30H25N5O/c1-28-19-29(28)14-13-24-25(30(29,15-20(16-31)26(28)36)22-9-5-3-6-10-22)33-27(21-17-32-34(2)18-21)35(24)23-11-7-4-8-12-23/h3-12,15,17-18H,13-14,19H2,1-2H3/t28?,29-,30+/m1/s1. The number of rotatable bonds is 3. The molecule has 2 aromatic heterocycles. The zero-order chi connectivity index (χ0) is 24.7. The number of allylic oxidation sites excluding steroid dienone is 2. The van der Waals surface area contributed by atoms with Crippen LogP contribution in [0.15, 0.2) is 84.7 Å². The normalized spacial score (nSPS) is 27.9. The minimum atomic E-state index is -0.660. The van der Waals surface area contributed by atoms with Crippen LogP contribution in [0, 0.1) is 22.2 Å². The molecule has 3 aliphatic carbocycles. The first kappa shape index (κ1) is 21.1. The maximum atomic E-state index is 13.4. The van der Waals surface area contributed by atoms with Crippen molar-refractivity contribution in [3.05, 3.63) is 102 Å². The molecule has 3 atom stereocenters. The Balaban J connectivity index is 1.61. The lowest BCUT2D eigenvalue weighted by Crippen LogP contribution is -2.48. The maximum Gasteiger partial charge on any atom is 0.179 e. The van der Waals surface area contributed by atoms with Crippen LogP contribution in [0.4, 0.5) is 0 Å². The van der Waals surface area contributed by atoms with Crippen molar-refractivity contribution in [1.29, 1.82) is 5.26 Å². The maximum absolute atomic E-state index is 13.4. The molecular formula is C30H25N5O. The van der Waals surface area contributed by atoms with Crippen LogP contribution in [0.3, 0.4) is 0 Å². The summed E-state index contributed by atoms with van der Waals surface area (Å²) in [7, 11) is 1.91. The molecule has 1 unspecified atom stereocenters. The molecule has 1 fully saturated rings. The highest BCUT2D eigenvalue weighted by Gasteiger charge is 2.80. The van der Waals surface area contributed by atoms with Crippen LogP contribution in [-0.2, 0) is 23.7 Å². The van der Waals surface area contributed by atoms with Crippen molar-refractivity contribution >= 4 is 5.78 Å². The first-order valence-corrected chi connectivity index (χ1v) is 12.3. The van der Waals surface area contributed by atoms with Gasteiger partial charge in [0, 0.05) is 35.5 Å². The number of nitriles is 1. The van der Waals surface area contributed by atoms with E-state index in [9.17, 15) is 10.1 Å². The highest BCUT2D eigenvalue weighted by molar-refractivity contribution is 6.08. The fraction of sp³-hybridized carbons (Fsp3) is 0.267. The van der Waals surface area contributed by atoms with Gasteiger partial charge in [0.05, 0.1) is 28.4 Å². The average Bonchev–Trinajstić information content (AvgIpc) is 3.18. The predicted octanol–water partition coefficient (Wildman–Crippen LogP) is 4.93. The summed E-state index contributed by atoms with van der Waals surface area (Å²) in [5, 5.41) is 14.5. The van der Waals surface area contributed by atoms with E-state index in [4.69, 9.17) is 4.98 Å². The molecule has 2 heterocycles. The molecule has 0 saturated heterocycles. The third kappa shape index (κ3) is 2.38. The molecule has 176 valence electrons. The number of Topliss-reactive ketones (excluding diaryl/α,β-unsaturated/α-hetero) is 1. The van der Waals surface area contributed by atoms with Crippen LogP contribution in [0.2, 0.25) is 0 Å². The topological polar surface area (TPSA) is 76.5 Å². The summed E-state index contributed by atoms with van der Waals surface area (Å²) in [4.78, 5) is 18.8. The molecular weight excluding hydrogens is 446 g/mol. The van der Waals surface area contributed by atoms with E-state index in [-0.39, 0.29) is 16.8 Å². The molecule has 6 nitrogen and oxygen atoms in total. The smallest absolute Gasteiger partial charge is 0.179 e. The number of para-hydroxylation sites is 1. The molecule has 2 aromatic carbocycles. The van der Waals surface area contributed by atoms with Gasteiger partial charge in [-0.25, -0.2) is 4.98 Å². The van der Waals surface area contributed by atoms with Crippen LogP contribution in [0.25, 0.3) is 17.1 Å². The molecule has 3 aliphatic rings. The molecule has 0 aliphatic heterocycles. The van der Waals surface area contributed by atoms with Crippen molar-refractivity contribution in [2.75, 3.05) is 0 Å². The molecule has 0 bridgehead atoms. The van der Waals surface area contributed by atoms with Gasteiger partial charge in [0.15, 0.2) is 5.78 Å². The summed E-state index contributed by atoms with van der Waals surface area (Å²) >= 11 is 0. The fourth-order valence-corrected chi connectivity index (χ4v) is 7.20. The second kappa shape index (κ2) is 6.92. The van der Waals surface area contributed by atoms with Crippen LogP contribution in [0.1, 0.15) is 36.7 Å². The van der Waals surface area contributed by atoms with Crippen LogP contribution in [-0.4, -0.2) is 25.1 Å². The Morgan fingerprint density at radius 2 is 1.78 bits per heavy atom. The van der Waals surface area contributed by atoms with E-state index in [1.165, 1.54) is 0 Å². The average molecular weight is 472 g/mol. The minimum Gasteiger partial charge on any atom is -0.296 e. The van der Waals surface area contributed by atoms with Crippen molar-refractivity contribution in [3.63, 3.8) is 0 Å². The van der Waals surface area contributed by atoms with Gasteiger partial charge in [0.2, 0.25) is 0 Å². The number of hydrogen-bond donors (Lipinski definition) is 0. The summed E-state index contributed by atoms with van der Waals surface area (Å²) in [6.07, 6.45) is 8.21. The molecule has 0 amide bonds. The Kier molecular flexibility index (Phi) is 4.05. The van der Waals surface area contributed by atoms with Gasteiger partial charge in [0.25, 0.3) is 0 Å². The molecule has 1 saturated carbocycles. The summed E-state index contributed by atoms with van der Waals surface area (Å²) in [5.74, 6) is 0.813. The Bertz CT molecular complexity index is 1620. The number of fused-ring (bicyclic) bond motifs is 2. The number of ketones is 1. The van der Waals surface area contributed by atoms with Gasteiger partial charge < -0.3 is 0 Å². The van der Waals surface area contributed by atoms with Gasteiger partial charge in [-0.15, -0.1) is 0 Å². The largest absolute Gasteiger partial charge is 0.296 e. The highest BCUT2D eigenvalue weighted by Crippen LogP contribution is 2.80. The number of aryl methyl sites for hydroxylation is 1. The quantitative estimate of drug-likeness (QED) is 0.424. The summed E-state index contributed by atoms with van der Waals surface area (Å²) in [5.41, 5.74) is 3.87. The van der Waals surface area contributed by atoms with Crippen molar-refractivity contribution in [1.82, 2.24) is 19.3 Å². The number of carbonyl (C=O) groups excluding carboxylic acids is 1. The summed E-state index contributed by atoms with van der Waals surface area (Å²) in [6.45, 7) is 2.05. The van der Waals surface area contributed by atoms with Crippen molar-refractivity contribution in [2.24, 2.45) is 17.9 Å². The molecule has 0 N–H and O–H groups in total. The number of aromatic nitrogens is 4. The molecule has 1 spiro atoms. The predicted molar refractivity (Wildman–Crippen MR) is 135 cm³/mol. The van der Waals surface area contributed by atoms with Crippen molar-refractivity contribution in [3.8, 4) is 23.1 Å². The Morgan fingerprint density at radius 1 is 1.06 bits per heavy atom. The van der Waals surface area contributed by atoms with Gasteiger partial charge in [-0.2, -0.15) is 10.4 Å². The van der Waals surface area contributed by atoms with Gasteiger partial charge in [-0.05, 0) is 43.0 Å². The third-order valence-corrected chi connectivity index (χ3v) is 8.91. The Labute approximate surface area is 209 Å². The Hall–Kier alpha value is -4.24. The highest BCUT2D eigenvalue weighted by atomic mass is 16.1. The molecule has 0 radical (unpaired) electrons. The molecule has 4 aromatic rings. The van der Waals surface area contributed by atoms with E-state index in [2.05, 4.69) is 46.9 Å². The molecule has 6 heteroatoms. The first-order valence-electron chi connectivity index (χ1n) is 12.3. The zero-order valence-corrected chi connectivity index (χ0v) is 20.3. The number of imidazole rings is 1. The molecule has 7 rings (SSSR count). The Morgan fingerprint density at radius 3 is 2.44 bits per heavy atom. The first-order chi connectivity index (χ1) is 17.4. The van der Waals surface area contributed by atoms with Gasteiger partial charge in [0.1, 0.15) is 11.9 Å². The van der Waals surface area contributed by atoms with E-state index < -0.39 is 10.8 Å². The second-order valence-electron chi connectivity index (χ2n) is 10.6. The van der Waals surface area contributed by atoms with Crippen LogP contribution in [0.5, 0.6) is 0 Å². The number of hydrogen-bond acceptors (Lipinski definition) is 4. The van der Waals surface area contributed by atoms with Crippen LogP contribution >= 0.6 is 0 Å². The van der Waals surface area contributed by atoms with E-state index in [0.717, 1.165) is 53.3 Å². The second-order valence-corrected chi connectivity index (χ2v) is 10.6. The SMILES string of the molecule is Cn1cc(-c2nc3c(n2-c2ccccc2)CC[C@@]24CC2(C)C(=O)C(C#N)=C[C@]34c2ccccc2)cn1. The molecule has 36 heavy (non-hydrogen) atoms. The lowest BCUT2D eigenvalue weighted by Gasteiger charge is -2.47. The van der Waals surface area contributed by atoms with E-state index >= 15 is 0 Å². The van der Waals surface area contributed by atoms with Gasteiger partial charge in [-0.3, -0.25) is 14.0 Å². The van der Waals surface area contributed by atoms with Crippen molar-refractivity contribution in [2.45, 2.75) is 31.6 Å². The number of nitrogens with zero attached hydrogens (tertiary/aromatic N) is 5. The fourth-order valence-electron chi connectivity index (χ4n) is 7.20. The number of carbonyl (C=O) groups is 1.